The van der Waals surface area contributed by atoms with E-state index in [1.807, 2.05) is 6.92 Å². The third-order valence-corrected chi connectivity index (χ3v) is 0.738. The Hall–Kier alpha value is -0.850. The monoisotopic (exact) mass is 94.1 g/mol. The van der Waals surface area contributed by atoms with Gasteiger partial charge in [-0.25, -0.2) is 0 Å². The second-order valence-corrected chi connectivity index (χ2v) is 1.46. The minimum Gasteiger partial charge on any atom is -0.264 e. The molecule has 0 unspecified atom stereocenters. The van der Waals surface area contributed by atoms with Crippen LogP contribution < -0.4 is 0 Å². The maximum atomic E-state index is 7.07. The molecule has 0 N–H and O–H groups in total. The average Bonchev–Trinajstić information content (AvgIpc) is 1.64. The molecule has 7 heavy (non-hydrogen) atoms. The molecule has 1 heterocycles. The number of nitrogens with zero attached hydrogens (tertiary/aromatic N) is 1. The summed E-state index contributed by atoms with van der Waals surface area (Å²) in [4.78, 5) is 3.80. The summed E-state index contributed by atoms with van der Waals surface area (Å²) in [6.45, 7) is 1.92. The zero-order valence-corrected chi connectivity index (χ0v) is 4.18. The summed E-state index contributed by atoms with van der Waals surface area (Å²) in [7, 11) is 0. The molecule has 0 fully saturated rings. The van der Waals surface area contributed by atoms with Gasteiger partial charge in [0.15, 0.2) is 0 Å². The second-order valence-electron chi connectivity index (χ2n) is 1.46. The fourth-order valence-electron chi connectivity index (χ4n) is 0.404. The molecule has 36 valence electrons. The Bertz CT molecular complexity index is 168. The zero-order chi connectivity index (χ0) is 5.98. The van der Waals surface area contributed by atoms with Gasteiger partial charge in [-0.05, 0) is 18.5 Å². The Kier molecular flexibility index (Phi) is 0.791. The summed E-state index contributed by atoms with van der Waals surface area (Å²) in [5.74, 6) is 0. The van der Waals surface area contributed by atoms with Gasteiger partial charge in [0.1, 0.15) is 0 Å². The largest absolute Gasteiger partial charge is 0.264 e. The smallest absolute Gasteiger partial charge is 0.0639 e. The molecule has 0 aromatic carbocycles. The lowest BCUT2D eigenvalue weighted by molar-refractivity contribution is 1.27. The van der Waals surface area contributed by atoms with Crippen LogP contribution in [0.15, 0.2) is 24.5 Å². The average molecular weight is 94.1 g/mol. The molecule has 0 aliphatic carbocycles. The summed E-state index contributed by atoms with van der Waals surface area (Å²) in [5.41, 5.74) is 1.04. The molecular formula is C6H7N. The van der Waals surface area contributed by atoms with E-state index in [1.165, 1.54) is 6.20 Å². The van der Waals surface area contributed by atoms with E-state index in [-0.39, 0.29) is 0 Å². The minimum atomic E-state index is 0.477. The van der Waals surface area contributed by atoms with Gasteiger partial charge >= 0.3 is 0 Å². The molecular weight excluding hydrogens is 86.1 g/mol. The lowest BCUT2D eigenvalue weighted by Gasteiger charge is -1.82. The van der Waals surface area contributed by atoms with E-state index in [2.05, 4.69) is 4.98 Å². The van der Waals surface area contributed by atoms with Crippen molar-refractivity contribution in [3.05, 3.63) is 30.1 Å². The van der Waals surface area contributed by atoms with Gasteiger partial charge in [0, 0.05) is 12.4 Å². The first-order valence-electron chi connectivity index (χ1n) is 2.67. The van der Waals surface area contributed by atoms with E-state index in [1.54, 1.807) is 12.3 Å². The fourth-order valence-corrected chi connectivity index (χ4v) is 0.404. The number of rotatable bonds is 0. The van der Waals surface area contributed by atoms with Crippen molar-refractivity contribution in [2.45, 2.75) is 6.92 Å². The Morgan fingerprint density at radius 3 is 3.14 bits per heavy atom. The highest BCUT2D eigenvalue weighted by Crippen LogP contribution is 1.88. The molecule has 0 spiro atoms. The third-order valence-electron chi connectivity index (χ3n) is 0.738. The van der Waals surface area contributed by atoms with E-state index in [9.17, 15) is 0 Å². The van der Waals surface area contributed by atoms with E-state index < -0.39 is 0 Å². The number of pyridine rings is 1. The molecule has 0 atom stereocenters. The molecule has 0 aliphatic rings. The van der Waals surface area contributed by atoms with Crippen molar-refractivity contribution in [2.24, 2.45) is 0 Å². The van der Waals surface area contributed by atoms with Crippen LogP contribution in [-0.4, -0.2) is 4.98 Å². The highest BCUT2D eigenvalue weighted by Gasteiger charge is 1.73. The van der Waals surface area contributed by atoms with E-state index in [0.29, 0.717) is 6.04 Å². The first-order chi connectivity index (χ1) is 3.79. The van der Waals surface area contributed by atoms with Gasteiger partial charge < -0.3 is 0 Å². The fraction of sp³-hybridized carbons (Fsp3) is 0.167. The second kappa shape index (κ2) is 1.73. The first-order valence-corrected chi connectivity index (χ1v) is 2.17. The molecule has 0 saturated carbocycles. The van der Waals surface area contributed by atoms with Crippen LogP contribution in [0.2, 0.25) is 0 Å². The van der Waals surface area contributed by atoms with Gasteiger partial charge in [0.05, 0.1) is 1.37 Å². The quantitative estimate of drug-likeness (QED) is 0.473. The summed E-state index contributed by atoms with van der Waals surface area (Å²) in [6, 6.07) is 2.25. The SMILES string of the molecule is [2H]c1cncc(C)c1. The number of hydrogen-bond acceptors (Lipinski definition) is 1. The maximum Gasteiger partial charge on any atom is 0.0639 e. The van der Waals surface area contributed by atoms with Crippen LogP contribution in [0.3, 0.4) is 0 Å². The summed E-state index contributed by atoms with van der Waals surface area (Å²) < 4.78 is 7.07. The topological polar surface area (TPSA) is 12.9 Å². The Morgan fingerprint density at radius 1 is 1.86 bits per heavy atom. The van der Waals surface area contributed by atoms with Gasteiger partial charge in [0.2, 0.25) is 0 Å². The van der Waals surface area contributed by atoms with Gasteiger partial charge in [-0.2, -0.15) is 0 Å². The zero-order valence-electron chi connectivity index (χ0n) is 5.18. The van der Waals surface area contributed by atoms with E-state index in [4.69, 9.17) is 1.37 Å². The number of aromatic nitrogens is 1. The molecule has 0 bridgehead atoms. The highest BCUT2D eigenvalue weighted by molar-refractivity contribution is 5.04. The molecule has 1 nitrogen and oxygen atoms in total. The first kappa shape index (κ1) is 3.19. The number of hydrogen-bond donors (Lipinski definition) is 0. The van der Waals surface area contributed by atoms with Gasteiger partial charge in [-0.3, -0.25) is 4.98 Å². The van der Waals surface area contributed by atoms with E-state index in [0.717, 1.165) is 5.56 Å². The normalized spacial score (nSPS) is 10.7. The minimum absolute atomic E-state index is 0.477. The van der Waals surface area contributed by atoms with Crippen molar-refractivity contribution >= 4 is 0 Å². The Morgan fingerprint density at radius 2 is 2.71 bits per heavy atom. The van der Waals surface area contributed by atoms with Crippen molar-refractivity contribution in [1.82, 2.24) is 4.98 Å². The van der Waals surface area contributed by atoms with Gasteiger partial charge in [0.25, 0.3) is 0 Å². The highest BCUT2D eigenvalue weighted by atomic mass is 14.6. The standard InChI is InChI=1S/C6H7N/c1-6-3-2-4-7-5-6/h2-5H,1H3/i2D. The lowest BCUT2D eigenvalue weighted by Crippen LogP contribution is -1.69. The van der Waals surface area contributed by atoms with Gasteiger partial charge in [-0.15, -0.1) is 0 Å². The van der Waals surface area contributed by atoms with Crippen LogP contribution in [0.4, 0.5) is 0 Å². The van der Waals surface area contributed by atoms with Crippen molar-refractivity contribution in [3.63, 3.8) is 0 Å². The lowest BCUT2D eigenvalue weighted by atomic mass is 10.3. The molecule has 1 aromatic rings. The van der Waals surface area contributed by atoms with Crippen LogP contribution in [0.5, 0.6) is 0 Å². The molecule has 1 heteroatoms. The predicted octanol–water partition coefficient (Wildman–Crippen LogP) is 1.39. The molecule has 1 aromatic heterocycles. The van der Waals surface area contributed by atoms with Crippen molar-refractivity contribution < 1.29 is 1.37 Å². The van der Waals surface area contributed by atoms with Crippen LogP contribution >= 0.6 is 0 Å². The Balaban J connectivity index is 3.08. The molecule has 0 amide bonds. The summed E-state index contributed by atoms with van der Waals surface area (Å²) >= 11 is 0. The van der Waals surface area contributed by atoms with Gasteiger partial charge in [-0.1, -0.05) is 6.07 Å². The van der Waals surface area contributed by atoms with Crippen LogP contribution in [0.1, 0.15) is 6.93 Å². The molecule has 0 saturated heterocycles. The summed E-state index contributed by atoms with van der Waals surface area (Å²) in [5, 5.41) is 0. The third kappa shape index (κ3) is 1.000. The number of aryl methyl sites for hydroxylation is 1. The molecule has 0 radical (unpaired) electrons. The van der Waals surface area contributed by atoms with Crippen molar-refractivity contribution in [2.75, 3.05) is 0 Å². The predicted molar refractivity (Wildman–Crippen MR) is 29.0 cm³/mol. The summed E-state index contributed by atoms with van der Waals surface area (Å²) in [6.07, 6.45) is 3.26. The van der Waals surface area contributed by atoms with Crippen molar-refractivity contribution in [1.29, 1.82) is 0 Å². The Labute approximate surface area is 44.4 Å². The van der Waals surface area contributed by atoms with Crippen LogP contribution in [-0.2, 0) is 0 Å². The molecule has 0 aliphatic heterocycles. The molecule has 1 rings (SSSR count). The van der Waals surface area contributed by atoms with Crippen LogP contribution in [0, 0.1) is 6.92 Å². The van der Waals surface area contributed by atoms with Crippen LogP contribution in [0.25, 0.3) is 0 Å². The van der Waals surface area contributed by atoms with E-state index >= 15 is 0 Å². The maximum absolute atomic E-state index is 7.07. The van der Waals surface area contributed by atoms with Crippen molar-refractivity contribution in [3.8, 4) is 0 Å².